The highest BCUT2D eigenvalue weighted by molar-refractivity contribution is 5.66. The van der Waals surface area contributed by atoms with E-state index in [1.54, 1.807) is 6.07 Å². The van der Waals surface area contributed by atoms with Crippen LogP contribution in [-0.2, 0) is 4.79 Å². The molecule has 0 spiro atoms. The summed E-state index contributed by atoms with van der Waals surface area (Å²) in [6, 6.07) is 3.89. The number of fused-ring (bicyclic) bond motifs is 1. The quantitative estimate of drug-likeness (QED) is 0.860. The predicted octanol–water partition coefficient (Wildman–Crippen LogP) is 2.26. The van der Waals surface area contributed by atoms with Gasteiger partial charge in [-0.1, -0.05) is 12.1 Å². The van der Waals surface area contributed by atoms with Crippen LogP contribution in [0.2, 0.25) is 0 Å². The second-order valence-corrected chi connectivity index (χ2v) is 4.23. The van der Waals surface area contributed by atoms with E-state index < -0.39 is 18.3 Å². The van der Waals surface area contributed by atoms with E-state index in [0.717, 1.165) is 0 Å². The first-order chi connectivity index (χ1) is 8.89. The van der Waals surface area contributed by atoms with E-state index in [2.05, 4.69) is 9.47 Å². The third kappa shape index (κ3) is 3.11. The van der Waals surface area contributed by atoms with Gasteiger partial charge in [-0.05, 0) is 18.9 Å². The van der Waals surface area contributed by atoms with Gasteiger partial charge in [0.1, 0.15) is 0 Å². The number of carboxylic acids is 1. The Morgan fingerprint density at radius 3 is 2.84 bits per heavy atom. The Labute approximate surface area is 107 Å². The molecule has 0 aromatic heterocycles. The van der Waals surface area contributed by atoms with E-state index in [0.29, 0.717) is 18.4 Å². The van der Waals surface area contributed by atoms with Crippen molar-refractivity contribution in [1.29, 1.82) is 0 Å². The van der Waals surface area contributed by atoms with Crippen LogP contribution in [0.25, 0.3) is 0 Å². The monoisotopic (exact) mass is 273 g/mol. The van der Waals surface area contributed by atoms with Gasteiger partial charge in [0.25, 0.3) is 0 Å². The summed E-state index contributed by atoms with van der Waals surface area (Å²) in [5, 5.41) is 8.54. The van der Waals surface area contributed by atoms with Gasteiger partial charge in [-0.15, -0.1) is 8.78 Å². The minimum Gasteiger partial charge on any atom is -0.481 e. The highest BCUT2D eigenvalue weighted by Gasteiger charge is 2.44. The Hall–Kier alpha value is -1.89. The third-order valence-corrected chi connectivity index (χ3v) is 2.76. The first-order valence-corrected chi connectivity index (χ1v) is 5.75. The fourth-order valence-corrected chi connectivity index (χ4v) is 1.91. The molecule has 1 aliphatic rings. The van der Waals surface area contributed by atoms with Crippen molar-refractivity contribution in [2.24, 2.45) is 5.73 Å². The summed E-state index contributed by atoms with van der Waals surface area (Å²) in [5.41, 5.74) is 6.26. The average Bonchev–Trinajstić information content (AvgIpc) is 2.61. The van der Waals surface area contributed by atoms with E-state index in [1.807, 2.05) is 0 Å². The second-order valence-electron chi connectivity index (χ2n) is 4.23. The number of carbonyl (C=O) groups is 1. The number of hydrogen-bond acceptors (Lipinski definition) is 4. The molecule has 7 heteroatoms. The van der Waals surface area contributed by atoms with Gasteiger partial charge in [-0.3, -0.25) is 4.79 Å². The Bertz CT molecular complexity index is 493. The number of hydrogen-bond donors (Lipinski definition) is 2. The molecule has 1 atom stereocenters. The van der Waals surface area contributed by atoms with Crippen molar-refractivity contribution in [2.45, 2.75) is 31.6 Å². The maximum Gasteiger partial charge on any atom is 0.586 e. The van der Waals surface area contributed by atoms with Crippen molar-refractivity contribution in [3.05, 3.63) is 23.8 Å². The predicted molar refractivity (Wildman–Crippen MR) is 61.1 cm³/mol. The molecule has 1 aliphatic heterocycles. The zero-order valence-corrected chi connectivity index (χ0v) is 9.94. The fourth-order valence-electron chi connectivity index (χ4n) is 1.91. The number of alkyl halides is 2. The topological polar surface area (TPSA) is 81.8 Å². The van der Waals surface area contributed by atoms with Gasteiger partial charge >= 0.3 is 12.3 Å². The molecule has 3 N–H and O–H groups in total. The average molecular weight is 273 g/mol. The van der Waals surface area contributed by atoms with Crippen LogP contribution in [0.5, 0.6) is 11.5 Å². The van der Waals surface area contributed by atoms with E-state index in [1.165, 1.54) is 12.1 Å². The summed E-state index contributed by atoms with van der Waals surface area (Å²) >= 11 is 0. The minimum atomic E-state index is -3.68. The van der Waals surface area contributed by atoms with Gasteiger partial charge in [-0.2, -0.15) is 0 Å². The fraction of sp³-hybridized carbons (Fsp3) is 0.417. The maximum atomic E-state index is 13.0. The number of aliphatic carboxylic acids is 1. The molecule has 1 aromatic rings. The number of para-hydroxylation sites is 1. The molecule has 0 saturated heterocycles. The molecule has 19 heavy (non-hydrogen) atoms. The summed E-state index contributed by atoms with van der Waals surface area (Å²) < 4.78 is 34.7. The second kappa shape index (κ2) is 5.00. The van der Waals surface area contributed by atoms with Gasteiger partial charge < -0.3 is 20.3 Å². The van der Waals surface area contributed by atoms with Crippen LogP contribution in [0.4, 0.5) is 8.78 Å². The zero-order chi connectivity index (χ0) is 14.0. The van der Waals surface area contributed by atoms with Crippen LogP contribution in [0.3, 0.4) is 0 Å². The van der Waals surface area contributed by atoms with Crippen LogP contribution < -0.4 is 15.2 Å². The standard InChI is InChI=1S/C12H13F2NO4/c13-12(14)18-9-5-1-3-7(11(9)19-12)8(15)4-2-6-10(16)17/h1,3,5,8H,2,4,6,15H2,(H,16,17)/t8-/m1/s1. The van der Waals surface area contributed by atoms with Gasteiger partial charge in [0.2, 0.25) is 0 Å². The van der Waals surface area contributed by atoms with Crippen LogP contribution in [0.1, 0.15) is 30.9 Å². The molecule has 1 aromatic carbocycles. The molecule has 0 radical (unpaired) electrons. The molecular weight excluding hydrogens is 260 g/mol. The molecule has 0 amide bonds. The SMILES string of the molecule is N[C@H](CCCC(=O)O)c1cccc2c1OC(F)(F)O2. The maximum absolute atomic E-state index is 13.0. The van der Waals surface area contributed by atoms with Gasteiger partial charge in [0.15, 0.2) is 11.5 Å². The molecule has 104 valence electrons. The summed E-state index contributed by atoms with van der Waals surface area (Å²) in [7, 11) is 0. The Kier molecular flexibility index (Phi) is 3.57. The van der Waals surface area contributed by atoms with Crippen LogP contribution in [0, 0.1) is 0 Å². The van der Waals surface area contributed by atoms with E-state index >= 15 is 0 Å². The first-order valence-electron chi connectivity index (χ1n) is 5.75. The van der Waals surface area contributed by atoms with Crippen molar-refractivity contribution in [1.82, 2.24) is 0 Å². The summed E-state index contributed by atoms with van der Waals surface area (Å²) in [6.07, 6.45) is -2.98. The Morgan fingerprint density at radius 2 is 2.16 bits per heavy atom. The lowest BCUT2D eigenvalue weighted by Crippen LogP contribution is -2.26. The molecule has 0 fully saturated rings. The molecule has 0 saturated carbocycles. The highest BCUT2D eigenvalue weighted by atomic mass is 19.3. The van der Waals surface area contributed by atoms with Gasteiger partial charge in [0.05, 0.1) is 0 Å². The Morgan fingerprint density at radius 1 is 1.42 bits per heavy atom. The number of carboxylic acid groups (broad SMARTS) is 1. The van der Waals surface area contributed by atoms with Gasteiger partial charge in [0, 0.05) is 18.0 Å². The smallest absolute Gasteiger partial charge is 0.481 e. The van der Waals surface area contributed by atoms with E-state index in [9.17, 15) is 13.6 Å². The lowest BCUT2D eigenvalue weighted by Gasteiger charge is -2.13. The zero-order valence-electron chi connectivity index (χ0n) is 9.94. The van der Waals surface area contributed by atoms with Gasteiger partial charge in [-0.25, -0.2) is 0 Å². The molecule has 1 heterocycles. The van der Waals surface area contributed by atoms with Crippen molar-refractivity contribution >= 4 is 5.97 Å². The lowest BCUT2D eigenvalue weighted by molar-refractivity contribution is -0.287. The largest absolute Gasteiger partial charge is 0.586 e. The first kappa shape index (κ1) is 13.5. The number of benzene rings is 1. The van der Waals surface area contributed by atoms with E-state index in [4.69, 9.17) is 10.8 Å². The van der Waals surface area contributed by atoms with Crippen LogP contribution >= 0.6 is 0 Å². The minimum absolute atomic E-state index is 0.0176. The molecule has 0 bridgehead atoms. The normalized spacial score (nSPS) is 17.2. The number of ether oxygens (including phenoxy) is 2. The highest BCUT2D eigenvalue weighted by Crippen LogP contribution is 2.45. The molecule has 0 aliphatic carbocycles. The summed E-state index contributed by atoms with van der Waals surface area (Å²) in [5.74, 6) is -1.05. The molecular formula is C12H13F2NO4. The van der Waals surface area contributed by atoms with Crippen molar-refractivity contribution in [3.63, 3.8) is 0 Å². The van der Waals surface area contributed by atoms with Crippen molar-refractivity contribution < 1.29 is 28.2 Å². The molecule has 5 nitrogen and oxygen atoms in total. The number of rotatable bonds is 5. The van der Waals surface area contributed by atoms with Crippen LogP contribution in [0.15, 0.2) is 18.2 Å². The lowest BCUT2D eigenvalue weighted by atomic mass is 10.0. The van der Waals surface area contributed by atoms with Crippen molar-refractivity contribution in [3.8, 4) is 11.5 Å². The molecule has 0 unspecified atom stereocenters. The van der Waals surface area contributed by atoms with E-state index in [-0.39, 0.29) is 17.9 Å². The number of halogens is 2. The Balaban J connectivity index is 2.10. The van der Waals surface area contributed by atoms with Crippen molar-refractivity contribution in [2.75, 3.05) is 0 Å². The number of nitrogens with two attached hydrogens (primary N) is 1. The third-order valence-electron chi connectivity index (χ3n) is 2.76. The summed E-state index contributed by atoms with van der Waals surface area (Å²) in [6.45, 7) is 0. The molecule has 2 rings (SSSR count). The summed E-state index contributed by atoms with van der Waals surface area (Å²) in [4.78, 5) is 10.4. The van der Waals surface area contributed by atoms with Crippen LogP contribution in [-0.4, -0.2) is 17.4 Å².